The second-order valence-electron chi connectivity index (χ2n) is 2.31. The summed E-state index contributed by atoms with van der Waals surface area (Å²) in [5.41, 5.74) is 0. The normalized spacial score (nSPS) is 8.00. The molecule has 0 heterocycles. The summed E-state index contributed by atoms with van der Waals surface area (Å²) in [6.45, 7) is 7.89. The van der Waals surface area contributed by atoms with E-state index in [1.807, 2.05) is 26.2 Å². The van der Waals surface area contributed by atoms with Gasteiger partial charge < -0.3 is 10.8 Å². The summed E-state index contributed by atoms with van der Waals surface area (Å²) >= 11 is 0. The van der Waals surface area contributed by atoms with Crippen LogP contribution in [0.1, 0.15) is 0 Å². The average Bonchev–Trinajstić information content (AvgIpc) is 1.25. The predicted octanol–water partition coefficient (Wildman–Crippen LogP) is 2.04. The van der Waals surface area contributed by atoms with Crippen LogP contribution in [0.4, 0.5) is 0 Å². The van der Waals surface area contributed by atoms with Crippen molar-refractivity contribution in [2.45, 2.75) is 26.2 Å². The average molecular weight is 196 g/mol. The van der Waals surface area contributed by atoms with Crippen molar-refractivity contribution in [2.24, 2.45) is 0 Å². The summed E-state index contributed by atoms with van der Waals surface area (Å²) in [7, 11) is -1.78. The van der Waals surface area contributed by atoms with Crippen molar-refractivity contribution >= 4 is 17.9 Å². The Kier molecular flexibility index (Phi) is 21.8. The third kappa shape index (κ3) is 397. The second-order valence-corrected chi connectivity index (χ2v) is 6.93. The van der Waals surface area contributed by atoms with Gasteiger partial charge in [0.2, 0.25) is 0 Å². The maximum Gasteiger partial charge on any atom is 2.00 e. The Morgan fingerprint density at radius 3 is 0.778 bits per heavy atom. The zero-order chi connectivity index (χ0) is 7.15. The Morgan fingerprint density at radius 1 is 0.778 bits per heavy atom. The number of nitrogens with one attached hydrogen (secondary N) is 2. The molecule has 0 bridgehead atoms. The molecule has 0 aliphatic heterocycles. The maximum absolute atomic E-state index is 6.72. The Labute approximate surface area is 76.6 Å². The predicted molar refractivity (Wildman–Crippen MR) is 46.4 cm³/mol. The van der Waals surface area contributed by atoms with Gasteiger partial charge in [-0.3, -0.25) is 0 Å². The molecule has 0 aliphatic carbocycles. The van der Waals surface area contributed by atoms with Gasteiger partial charge in [0, 0.05) is 0 Å². The van der Waals surface area contributed by atoms with E-state index in [1.54, 1.807) is 0 Å². The van der Waals surface area contributed by atoms with Gasteiger partial charge in [-0.2, -0.15) is 0 Å². The molecule has 54 valence electrons. The first kappa shape index (κ1) is 16.6. The summed E-state index contributed by atoms with van der Waals surface area (Å²) in [5.74, 6) is 0. The molecule has 0 unspecified atom stereocenters. The smallest absolute Gasteiger partial charge is 0.682 e. The topological polar surface area (TPSA) is 47.6 Å². The summed E-state index contributed by atoms with van der Waals surface area (Å²) in [5, 5.41) is 13.4. The molecule has 0 atom stereocenters. The Balaban J connectivity index is -0.0000000720. The number of rotatable bonds is 0. The van der Waals surface area contributed by atoms with Crippen LogP contribution in [0.15, 0.2) is 0 Å². The van der Waals surface area contributed by atoms with Crippen molar-refractivity contribution < 1.29 is 21.7 Å². The third-order valence-electron chi connectivity index (χ3n) is 0. The van der Waals surface area contributed by atoms with Crippen molar-refractivity contribution in [3.8, 4) is 0 Å². The Bertz CT molecular complexity index is 32.0. The van der Waals surface area contributed by atoms with E-state index in [0.29, 0.717) is 0 Å². The van der Waals surface area contributed by atoms with Gasteiger partial charge in [0.15, 0.2) is 0 Å². The number of hydrogen-bond acceptors (Lipinski definition) is 0. The molecular weight excluding hydrogens is 180 g/mol. The van der Waals surface area contributed by atoms with E-state index in [1.165, 1.54) is 0 Å². The fraction of sp³-hybridized carbons (Fsp3) is 1.00. The van der Waals surface area contributed by atoms with Crippen LogP contribution in [0.25, 0.3) is 10.8 Å². The maximum atomic E-state index is 6.72. The van der Waals surface area contributed by atoms with Crippen molar-refractivity contribution in [2.75, 3.05) is 0 Å². The molecule has 0 saturated carbocycles. The first-order chi connectivity index (χ1) is 3.46. The molecule has 0 fully saturated rings. The van der Waals surface area contributed by atoms with Crippen molar-refractivity contribution in [3.05, 3.63) is 10.8 Å². The Morgan fingerprint density at radius 2 is 0.778 bits per heavy atom. The van der Waals surface area contributed by atoms with E-state index in [-0.39, 0.29) is 21.7 Å². The van der Waals surface area contributed by atoms with E-state index in [0.717, 1.165) is 0 Å². The monoisotopic (exact) mass is 196 g/mol. The minimum Gasteiger partial charge on any atom is -0.682 e. The van der Waals surface area contributed by atoms with Gasteiger partial charge in [-0.25, -0.2) is 0 Å². The van der Waals surface area contributed by atoms with Crippen LogP contribution in [0, 0.1) is 0 Å². The minimum atomic E-state index is -0.889. The summed E-state index contributed by atoms with van der Waals surface area (Å²) < 4.78 is 0. The van der Waals surface area contributed by atoms with E-state index >= 15 is 0 Å². The zero-order valence-electron chi connectivity index (χ0n) is 6.65. The molecule has 0 saturated heterocycles. The molecule has 9 heavy (non-hydrogen) atoms. The zero-order valence-corrected chi connectivity index (χ0v) is 10.5. The molecule has 0 rings (SSSR count). The quantitative estimate of drug-likeness (QED) is 0.532. The van der Waals surface area contributed by atoms with Gasteiger partial charge in [0.25, 0.3) is 0 Å². The molecular formula is C4H16N2Si2Ti. The minimum absolute atomic E-state index is 0. The van der Waals surface area contributed by atoms with Gasteiger partial charge in [0.1, 0.15) is 0 Å². The first-order valence-electron chi connectivity index (χ1n) is 2.89. The van der Waals surface area contributed by atoms with Gasteiger partial charge in [-0.05, 0) is 0 Å². The molecule has 2 N–H and O–H groups in total. The largest absolute Gasteiger partial charge is 2.00 e. The molecule has 2 nitrogen and oxygen atoms in total. The molecule has 0 spiro atoms. The Hall–Kier alpha value is 1.07. The fourth-order valence-electron chi connectivity index (χ4n) is 0. The molecule has 5 heteroatoms. The fourth-order valence-corrected chi connectivity index (χ4v) is 0. The third-order valence-corrected chi connectivity index (χ3v) is 0. The molecule has 0 radical (unpaired) electrons. The summed E-state index contributed by atoms with van der Waals surface area (Å²) in [6, 6.07) is 0. The van der Waals surface area contributed by atoms with Gasteiger partial charge in [0.05, 0.1) is 0 Å². The number of hydrogen-bond donors (Lipinski definition) is 0. The second kappa shape index (κ2) is 11.8. The van der Waals surface area contributed by atoms with Crippen LogP contribution in [-0.2, 0) is 21.7 Å². The standard InChI is InChI=1S/2C2H8NSi.Ti/c2*1-4(2)3;/h2*3-4H,1-2H3;/q2*-1;+2. The van der Waals surface area contributed by atoms with Crippen LogP contribution in [0.3, 0.4) is 0 Å². The summed E-state index contributed by atoms with van der Waals surface area (Å²) in [6.07, 6.45) is 0. The van der Waals surface area contributed by atoms with Gasteiger partial charge >= 0.3 is 21.7 Å². The van der Waals surface area contributed by atoms with Crippen LogP contribution in [-0.4, -0.2) is 17.9 Å². The van der Waals surface area contributed by atoms with Crippen LogP contribution in [0.5, 0.6) is 0 Å². The van der Waals surface area contributed by atoms with E-state index in [9.17, 15) is 0 Å². The van der Waals surface area contributed by atoms with E-state index in [2.05, 4.69) is 0 Å². The van der Waals surface area contributed by atoms with E-state index < -0.39 is 17.9 Å². The van der Waals surface area contributed by atoms with Gasteiger partial charge in [-0.15, -0.1) is 0 Å². The SMILES string of the molecule is C[SiH](C)[NH-].C[SiH](C)[NH-].[Ti+2]. The van der Waals surface area contributed by atoms with E-state index in [4.69, 9.17) is 10.8 Å². The van der Waals surface area contributed by atoms with Crippen molar-refractivity contribution in [3.63, 3.8) is 0 Å². The molecule has 0 aliphatic rings. The first-order valence-corrected chi connectivity index (χ1v) is 8.66. The molecule has 0 aromatic rings. The van der Waals surface area contributed by atoms with Gasteiger partial charge in [-0.1, -0.05) is 44.1 Å². The van der Waals surface area contributed by atoms with Crippen LogP contribution in [0.2, 0.25) is 26.2 Å². The van der Waals surface area contributed by atoms with Crippen LogP contribution >= 0.6 is 0 Å². The summed E-state index contributed by atoms with van der Waals surface area (Å²) in [4.78, 5) is 0. The molecule has 0 aromatic heterocycles. The van der Waals surface area contributed by atoms with Crippen LogP contribution < -0.4 is 0 Å². The molecule has 0 amide bonds. The molecule has 0 aromatic carbocycles. The van der Waals surface area contributed by atoms with Crippen molar-refractivity contribution in [1.82, 2.24) is 0 Å². The van der Waals surface area contributed by atoms with Crippen molar-refractivity contribution in [1.29, 1.82) is 0 Å².